The van der Waals surface area contributed by atoms with E-state index < -0.39 is 17.0 Å². The third kappa shape index (κ3) is 7.95. The highest BCUT2D eigenvalue weighted by molar-refractivity contribution is 7.99. The van der Waals surface area contributed by atoms with E-state index in [2.05, 4.69) is 0 Å². The summed E-state index contributed by atoms with van der Waals surface area (Å²) in [7, 11) is 0. The van der Waals surface area contributed by atoms with Crippen LogP contribution in [0.3, 0.4) is 0 Å². The second kappa shape index (κ2) is 12.5. The molecule has 2 rings (SSSR count). The minimum absolute atomic E-state index is 0.0194. The van der Waals surface area contributed by atoms with E-state index in [1.165, 1.54) is 6.07 Å². The van der Waals surface area contributed by atoms with Crippen molar-refractivity contribution in [2.75, 3.05) is 18.1 Å². The molecule has 2 N–H and O–H groups in total. The number of benzene rings is 1. The van der Waals surface area contributed by atoms with Gasteiger partial charge in [0.1, 0.15) is 0 Å². The van der Waals surface area contributed by atoms with Crippen molar-refractivity contribution in [2.45, 2.75) is 63.5 Å². The maximum Gasteiger partial charge on any atom is 0.303 e. The molecule has 1 aromatic carbocycles. The normalized spacial score (nSPS) is 17.7. The van der Waals surface area contributed by atoms with E-state index in [1.807, 2.05) is 4.90 Å². The lowest BCUT2D eigenvalue weighted by molar-refractivity contribution is -0.385. The van der Waals surface area contributed by atoms with Crippen LogP contribution in [0.25, 0.3) is 0 Å². The summed E-state index contributed by atoms with van der Waals surface area (Å²) >= 11 is 1.65. The smallest absolute Gasteiger partial charge is 0.303 e. The SMILES string of the molecule is O=C(O)CCCSCCN1C(=O)CCC[C@@H]1CCC(O)Cc1ccccc1[N+](=O)[O-]. The predicted molar refractivity (Wildman–Crippen MR) is 116 cm³/mol. The van der Waals surface area contributed by atoms with Gasteiger partial charge in [0, 0.05) is 49.2 Å². The van der Waals surface area contributed by atoms with Crippen LogP contribution in [0.15, 0.2) is 24.3 Å². The molecule has 8 nitrogen and oxygen atoms in total. The number of aliphatic carboxylic acids is 1. The van der Waals surface area contributed by atoms with Gasteiger partial charge < -0.3 is 15.1 Å². The number of nitro benzene ring substituents is 1. The van der Waals surface area contributed by atoms with E-state index in [1.54, 1.807) is 30.0 Å². The van der Waals surface area contributed by atoms with Crippen LogP contribution in [-0.2, 0) is 16.0 Å². The standard InChI is InChI=1S/C21H30N2O6S/c24-18(15-16-5-1-2-7-19(16)23(28)29)11-10-17-6-3-8-20(25)22(17)12-14-30-13-4-9-21(26)27/h1-2,5,7,17-18,24H,3-4,6,8-15H2,(H,26,27)/t17-,18?/m1/s1. The molecular formula is C21H30N2O6S. The molecular weight excluding hydrogens is 408 g/mol. The number of carbonyl (C=O) groups is 2. The van der Waals surface area contributed by atoms with Gasteiger partial charge in [-0.2, -0.15) is 11.8 Å². The van der Waals surface area contributed by atoms with Crippen LogP contribution in [0.2, 0.25) is 0 Å². The zero-order chi connectivity index (χ0) is 21.9. The zero-order valence-electron chi connectivity index (χ0n) is 17.1. The van der Waals surface area contributed by atoms with Gasteiger partial charge >= 0.3 is 5.97 Å². The first-order chi connectivity index (χ1) is 14.4. The summed E-state index contributed by atoms with van der Waals surface area (Å²) in [5, 5.41) is 30.2. The van der Waals surface area contributed by atoms with Crippen molar-refractivity contribution in [3.63, 3.8) is 0 Å². The first-order valence-corrected chi connectivity index (χ1v) is 11.5. The molecule has 30 heavy (non-hydrogen) atoms. The van der Waals surface area contributed by atoms with Crippen molar-refractivity contribution in [1.29, 1.82) is 0 Å². The molecule has 0 spiro atoms. The number of aliphatic hydroxyl groups is 1. The monoisotopic (exact) mass is 438 g/mol. The Hall–Kier alpha value is -2.13. The van der Waals surface area contributed by atoms with E-state index in [9.17, 15) is 24.8 Å². The lowest BCUT2D eigenvalue weighted by Crippen LogP contribution is -2.45. The number of rotatable bonds is 13. The summed E-state index contributed by atoms with van der Waals surface area (Å²) in [5.41, 5.74) is 0.537. The highest BCUT2D eigenvalue weighted by Gasteiger charge is 2.28. The fourth-order valence-corrected chi connectivity index (χ4v) is 4.67. The lowest BCUT2D eigenvalue weighted by Gasteiger charge is -2.36. The lowest BCUT2D eigenvalue weighted by atomic mass is 9.94. The van der Waals surface area contributed by atoms with Crippen LogP contribution in [-0.4, -0.2) is 62.1 Å². The van der Waals surface area contributed by atoms with Gasteiger partial charge in [0.15, 0.2) is 0 Å². The molecule has 1 aliphatic heterocycles. The van der Waals surface area contributed by atoms with Gasteiger partial charge in [-0.25, -0.2) is 0 Å². The average molecular weight is 439 g/mol. The number of carbonyl (C=O) groups excluding carboxylic acids is 1. The fourth-order valence-electron chi connectivity index (χ4n) is 3.79. The number of para-hydroxylation sites is 1. The van der Waals surface area contributed by atoms with Crippen LogP contribution in [0.1, 0.15) is 50.5 Å². The van der Waals surface area contributed by atoms with Gasteiger partial charge in [-0.1, -0.05) is 18.2 Å². The minimum atomic E-state index is -0.790. The quantitative estimate of drug-likeness (QED) is 0.275. The van der Waals surface area contributed by atoms with Gasteiger partial charge in [-0.05, 0) is 37.9 Å². The molecule has 9 heteroatoms. The third-order valence-electron chi connectivity index (χ3n) is 5.32. The topological polar surface area (TPSA) is 121 Å². The molecule has 0 aromatic heterocycles. The van der Waals surface area contributed by atoms with Crippen molar-refractivity contribution in [3.05, 3.63) is 39.9 Å². The maximum absolute atomic E-state index is 12.4. The Labute approximate surface area is 180 Å². The van der Waals surface area contributed by atoms with E-state index in [-0.39, 0.29) is 30.5 Å². The van der Waals surface area contributed by atoms with Crippen molar-refractivity contribution >= 4 is 29.3 Å². The minimum Gasteiger partial charge on any atom is -0.481 e. The molecule has 0 saturated carbocycles. The van der Waals surface area contributed by atoms with E-state index in [0.717, 1.165) is 24.3 Å². The van der Waals surface area contributed by atoms with Crippen LogP contribution in [0, 0.1) is 10.1 Å². The molecule has 1 unspecified atom stereocenters. The Kier molecular flexibility index (Phi) is 10.1. The Balaban J connectivity index is 1.80. The van der Waals surface area contributed by atoms with Crippen LogP contribution in [0.5, 0.6) is 0 Å². The maximum atomic E-state index is 12.4. The molecule has 1 aromatic rings. The average Bonchev–Trinajstić information content (AvgIpc) is 2.70. The summed E-state index contributed by atoms with van der Waals surface area (Å²) in [4.78, 5) is 35.5. The molecule has 1 heterocycles. The number of thioether (sulfide) groups is 1. The molecule has 166 valence electrons. The molecule has 0 radical (unpaired) electrons. The summed E-state index contributed by atoms with van der Waals surface area (Å²) in [5.74, 6) is 0.862. The van der Waals surface area contributed by atoms with Crippen molar-refractivity contribution < 1.29 is 24.7 Å². The molecule has 1 saturated heterocycles. The summed E-state index contributed by atoms with van der Waals surface area (Å²) in [6, 6.07) is 6.52. The molecule has 2 atom stereocenters. The van der Waals surface area contributed by atoms with Gasteiger partial charge in [0.25, 0.3) is 5.69 Å². The van der Waals surface area contributed by atoms with E-state index in [4.69, 9.17) is 5.11 Å². The fraction of sp³-hybridized carbons (Fsp3) is 0.619. The number of hydrogen-bond donors (Lipinski definition) is 2. The number of piperidine rings is 1. The first-order valence-electron chi connectivity index (χ1n) is 10.4. The van der Waals surface area contributed by atoms with Crippen molar-refractivity contribution in [1.82, 2.24) is 4.90 Å². The van der Waals surface area contributed by atoms with Crippen LogP contribution in [0.4, 0.5) is 5.69 Å². The van der Waals surface area contributed by atoms with Crippen molar-refractivity contribution in [3.8, 4) is 0 Å². The number of carboxylic acid groups (broad SMARTS) is 1. The highest BCUT2D eigenvalue weighted by Crippen LogP contribution is 2.25. The second-order valence-electron chi connectivity index (χ2n) is 7.56. The third-order valence-corrected chi connectivity index (χ3v) is 6.37. The highest BCUT2D eigenvalue weighted by atomic mass is 32.2. The second-order valence-corrected chi connectivity index (χ2v) is 8.79. The Morgan fingerprint density at radius 1 is 1.33 bits per heavy atom. The molecule has 1 fully saturated rings. The number of carboxylic acids is 1. The largest absolute Gasteiger partial charge is 0.481 e. The number of nitro groups is 1. The molecule has 0 aliphatic carbocycles. The van der Waals surface area contributed by atoms with E-state index >= 15 is 0 Å². The van der Waals surface area contributed by atoms with Gasteiger partial charge in [0.05, 0.1) is 11.0 Å². The van der Waals surface area contributed by atoms with E-state index in [0.29, 0.717) is 37.8 Å². The van der Waals surface area contributed by atoms with Gasteiger partial charge in [-0.3, -0.25) is 19.7 Å². The summed E-state index contributed by atoms with van der Waals surface area (Å²) in [6.07, 6.45) is 3.72. The number of hydrogen-bond acceptors (Lipinski definition) is 6. The van der Waals surface area contributed by atoms with Gasteiger partial charge in [0.2, 0.25) is 5.91 Å². The summed E-state index contributed by atoms with van der Waals surface area (Å²) in [6.45, 7) is 0.626. The molecule has 0 bridgehead atoms. The van der Waals surface area contributed by atoms with Crippen LogP contribution < -0.4 is 0 Å². The number of likely N-dealkylation sites (tertiary alicyclic amines) is 1. The Morgan fingerprint density at radius 3 is 2.83 bits per heavy atom. The summed E-state index contributed by atoms with van der Waals surface area (Å²) < 4.78 is 0. The first kappa shape index (κ1) is 24.1. The zero-order valence-corrected chi connectivity index (χ0v) is 17.9. The van der Waals surface area contributed by atoms with Crippen LogP contribution >= 0.6 is 11.8 Å². The molecule has 1 amide bonds. The number of nitrogens with zero attached hydrogens (tertiary/aromatic N) is 2. The van der Waals surface area contributed by atoms with Gasteiger partial charge in [-0.15, -0.1) is 0 Å². The predicted octanol–water partition coefficient (Wildman–Crippen LogP) is 3.26. The molecule has 1 aliphatic rings. The van der Waals surface area contributed by atoms with Crippen molar-refractivity contribution in [2.24, 2.45) is 0 Å². The number of aliphatic hydroxyl groups excluding tert-OH is 1. The number of amides is 1. The Bertz CT molecular complexity index is 729. The Morgan fingerprint density at radius 2 is 2.10 bits per heavy atom.